The molecular weight excluding hydrogens is 356 g/mol. The Morgan fingerprint density at radius 1 is 1.46 bits per heavy atom. The first-order valence-corrected chi connectivity index (χ1v) is 9.60. The second-order valence-electron chi connectivity index (χ2n) is 7.14. The molecule has 0 saturated carbocycles. The quantitative estimate of drug-likeness (QED) is 0.741. The van der Waals surface area contributed by atoms with E-state index in [1.807, 2.05) is 10.3 Å². The van der Waals surface area contributed by atoms with Crippen molar-refractivity contribution in [2.24, 2.45) is 0 Å². The van der Waals surface area contributed by atoms with Gasteiger partial charge in [-0.05, 0) is 6.92 Å². The van der Waals surface area contributed by atoms with Gasteiger partial charge in [0.2, 0.25) is 0 Å². The Morgan fingerprint density at radius 2 is 2.12 bits per heavy atom. The molecule has 0 aromatic carbocycles. The Kier molecular flexibility index (Phi) is 6.96. The highest BCUT2D eigenvalue weighted by atomic mass is 32.1. The van der Waals surface area contributed by atoms with E-state index < -0.39 is 17.5 Å². The molecule has 2 N–H and O–H groups in total. The lowest BCUT2D eigenvalue weighted by atomic mass is 10.0. The Bertz CT molecular complexity index is 630. The Hall–Kier alpha value is -1.71. The van der Waals surface area contributed by atoms with Crippen molar-refractivity contribution >= 4 is 23.3 Å². The maximum absolute atomic E-state index is 12.5. The summed E-state index contributed by atoms with van der Waals surface area (Å²) in [5, 5.41) is 15.3. The van der Waals surface area contributed by atoms with Gasteiger partial charge in [0.25, 0.3) is 0 Å². The molecule has 1 aromatic rings. The van der Waals surface area contributed by atoms with E-state index in [9.17, 15) is 14.7 Å². The molecule has 1 unspecified atom stereocenters. The first-order chi connectivity index (χ1) is 12.2. The molecule has 26 heavy (non-hydrogen) atoms. The lowest BCUT2D eigenvalue weighted by molar-refractivity contribution is -0.145. The highest BCUT2D eigenvalue weighted by Crippen LogP contribution is 2.20. The number of amides is 2. The van der Waals surface area contributed by atoms with E-state index in [4.69, 9.17) is 4.74 Å². The molecule has 1 aliphatic heterocycles. The van der Waals surface area contributed by atoms with Gasteiger partial charge in [0.1, 0.15) is 5.54 Å². The fourth-order valence-corrected chi connectivity index (χ4v) is 3.50. The van der Waals surface area contributed by atoms with E-state index in [0.29, 0.717) is 38.8 Å². The van der Waals surface area contributed by atoms with E-state index in [-0.39, 0.29) is 6.54 Å². The fourth-order valence-electron chi connectivity index (χ4n) is 2.67. The lowest BCUT2D eigenvalue weighted by Gasteiger charge is -2.35. The number of ether oxygens (including phenoxy) is 1. The van der Waals surface area contributed by atoms with E-state index in [0.717, 1.165) is 10.7 Å². The number of carbonyl (C=O) groups is 2. The number of aliphatic carboxylic acids is 1. The summed E-state index contributed by atoms with van der Waals surface area (Å²) in [6, 6.07) is -0.428. The van der Waals surface area contributed by atoms with Crippen LogP contribution in [0.2, 0.25) is 0 Å². The van der Waals surface area contributed by atoms with Crippen LogP contribution < -0.4 is 5.32 Å². The maximum Gasteiger partial charge on any atom is 0.330 e. The third kappa shape index (κ3) is 5.39. The predicted octanol–water partition coefficient (Wildman–Crippen LogP) is 1.58. The molecule has 1 atom stereocenters. The van der Waals surface area contributed by atoms with Gasteiger partial charge < -0.3 is 20.1 Å². The molecule has 0 bridgehead atoms. The number of hydrogen-bond donors (Lipinski definition) is 2. The van der Waals surface area contributed by atoms with Gasteiger partial charge in [0, 0.05) is 38.0 Å². The third-order valence-electron chi connectivity index (χ3n) is 4.31. The van der Waals surface area contributed by atoms with Crippen molar-refractivity contribution < 1.29 is 19.4 Å². The average Bonchev–Trinajstić information content (AvgIpc) is 3.04. The zero-order chi connectivity index (χ0) is 19.3. The van der Waals surface area contributed by atoms with Gasteiger partial charge in [-0.3, -0.25) is 4.90 Å². The Labute approximate surface area is 158 Å². The monoisotopic (exact) mass is 384 g/mol. The van der Waals surface area contributed by atoms with Crippen LogP contribution in [0.1, 0.15) is 37.4 Å². The minimum absolute atomic E-state index is 0.236. The number of nitrogens with zero attached hydrogens (tertiary/aromatic N) is 3. The first kappa shape index (κ1) is 20.6. The second-order valence-corrected chi connectivity index (χ2v) is 8.03. The van der Waals surface area contributed by atoms with Crippen LogP contribution in [0.15, 0.2) is 5.38 Å². The number of urea groups is 1. The molecule has 2 heterocycles. The summed E-state index contributed by atoms with van der Waals surface area (Å²) >= 11 is 1.57. The molecule has 1 saturated heterocycles. The number of carboxylic acids is 1. The van der Waals surface area contributed by atoms with Gasteiger partial charge in [-0.2, -0.15) is 0 Å². The number of hydrogen-bond acceptors (Lipinski definition) is 6. The summed E-state index contributed by atoms with van der Waals surface area (Å²) in [4.78, 5) is 32.3. The third-order valence-corrected chi connectivity index (χ3v) is 5.50. The maximum atomic E-state index is 12.5. The number of aromatic nitrogens is 1. The topological polar surface area (TPSA) is 95.0 Å². The molecule has 1 aromatic heterocycles. The Morgan fingerprint density at radius 3 is 2.65 bits per heavy atom. The normalized spacial score (nSPS) is 17.7. The van der Waals surface area contributed by atoms with Crippen molar-refractivity contribution in [1.82, 2.24) is 20.1 Å². The largest absolute Gasteiger partial charge is 0.479 e. The van der Waals surface area contributed by atoms with E-state index in [1.54, 1.807) is 18.4 Å². The van der Waals surface area contributed by atoms with Crippen LogP contribution in [0.5, 0.6) is 0 Å². The number of thiazole rings is 1. The van der Waals surface area contributed by atoms with Crippen LogP contribution in [0.3, 0.4) is 0 Å². The summed E-state index contributed by atoms with van der Waals surface area (Å²) in [5.74, 6) is -0.710. The van der Waals surface area contributed by atoms with Gasteiger partial charge in [-0.1, -0.05) is 13.8 Å². The molecule has 0 aliphatic carbocycles. The van der Waals surface area contributed by atoms with Crippen LogP contribution in [-0.4, -0.2) is 77.3 Å². The summed E-state index contributed by atoms with van der Waals surface area (Å²) < 4.78 is 5.29. The highest BCUT2D eigenvalue weighted by Gasteiger charge is 2.38. The zero-order valence-corrected chi connectivity index (χ0v) is 16.6. The molecule has 0 radical (unpaired) electrons. The van der Waals surface area contributed by atoms with Crippen molar-refractivity contribution in [3.8, 4) is 0 Å². The standard InChI is InChI=1S/C17H28N4O4S/c1-12(2)14-18-13(10-26-14)9-20(4)16(24)19-17(3,15(22)23)11-21-5-7-25-8-6-21/h10,12H,5-9,11H2,1-4H3,(H,19,24)(H,22,23). The molecule has 2 rings (SSSR count). The van der Waals surface area contributed by atoms with Crippen molar-refractivity contribution in [3.63, 3.8) is 0 Å². The summed E-state index contributed by atoms with van der Waals surface area (Å²) in [5.41, 5.74) is -0.560. The molecule has 1 aliphatic rings. The van der Waals surface area contributed by atoms with E-state index in [1.165, 1.54) is 11.8 Å². The van der Waals surface area contributed by atoms with Crippen LogP contribution in [0.4, 0.5) is 4.79 Å². The second kappa shape index (κ2) is 8.79. The van der Waals surface area contributed by atoms with Crippen LogP contribution in [-0.2, 0) is 16.1 Å². The summed E-state index contributed by atoms with van der Waals surface area (Å²) in [6.07, 6.45) is 0. The SMILES string of the molecule is CC(C)c1nc(CN(C)C(=O)NC(C)(CN2CCOCC2)C(=O)O)cs1. The number of carboxylic acid groups (broad SMARTS) is 1. The lowest BCUT2D eigenvalue weighted by Crippen LogP contribution is -2.61. The van der Waals surface area contributed by atoms with Gasteiger partial charge in [0.05, 0.1) is 30.5 Å². The van der Waals surface area contributed by atoms with Crippen molar-refractivity contribution in [3.05, 3.63) is 16.1 Å². The van der Waals surface area contributed by atoms with Gasteiger partial charge in [-0.25, -0.2) is 14.6 Å². The number of nitrogens with one attached hydrogen (secondary N) is 1. The van der Waals surface area contributed by atoms with Crippen molar-refractivity contribution in [1.29, 1.82) is 0 Å². The molecule has 146 valence electrons. The first-order valence-electron chi connectivity index (χ1n) is 8.72. The molecule has 9 heteroatoms. The van der Waals surface area contributed by atoms with E-state index >= 15 is 0 Å². The molecule has 8 nitrogen and oxygen atoms in total. The minimum atomic E-state index is -1.37. The predicted molar refractivity (Wildman–Crippen MR) is 99.5 cm³/mol. The number of morpholine rings is 1. The van der Waals surface area contributed by atoms with Gasteiger partial charge >= 0.3 is 12.0 Å². The van der Waals surface area contributed by atoms with Gasteiger partial charge in [0.15, 0.2) is 0 Å². The van der Waals surface area contributed by atoms with Crippen LogP contribution in [0, 0.1) is 0 Å². The minimum Gasteiger partial charge on any atom is -0.479 e. The molecule has 0 spiro atoms. The van der Waals surface area contributed by atoms with Crippen LogP contribution in [0.25, 0.3) is 0 Å². The zero-order valence-electron chi connectivity index (χ0n) is 15.8. The van der Waals surface area contributed by atoms with E-state index in [2.05, 4.69) is 24.1 Å². The van der Waals surface area contributed by atoms with Crippen LogP contribution >= 0.6 is 11.3 Å². The number of rotatable bonds is 7. The van der Waals surface area contributed by atoms with Crippen molar-refractivity contribution in [2.75, 3.05) is 39.9 Å². The molecule has 1 fully saturated rings. The summed E-state index contributed by atoms with van der Waals surface area (Å²) in [7, 11) is 1.64. The molecule has 2 amide bonds. The Balaban J connectivity index is 1.97. The van der Waals surface area contributed by atoms with Gasteiger partial charge in [-0.15, -0.1) is 11.3 Å². The van der Waals surface area contributed by atoms with Crippen molar-refractivity contribution in [2.45, 2.75) is 38.8 Å². The fraction of sp³-hybridized carbons (Fsp3) is 0.706. The molecular formula is C17H28N4O4S. The average molecular weight is 385 g/mol. The smallest absolute Gasteiger partial charge is 0.330 e. The summed E-state index contributed by atoms with van der Waals surface area (Å²) in [6.45, 7) is 8.72. The number of carbonyl (C=O) groups excluding carboxylic acids is 1. The highest BCUT2D eigenvalue weighted by molar-refractivity contribution is 7.09.